The molecule has 666 valence electrons. The van der Waals surface area contributed by atoms with Crippen LogP contribution in [0.3, 0.4) is 0 Å². The molecule has 0 aromatic rings. The Bertz CT molecular complexity index is 2120. The topological polar surface area (TPSA) is 237 Å². The van der Waals surface area contributed by atoms with E-state index in [-0.39, 0.29) is 25.7 Å². The van der Waals surface area contributed by atoms with Gasteiger partial charge in [0.1, 0.15) is 19.3 Å². The summed E-state index contributed by atoms with van der Waals surface area (Å²) in [6, 6.07) is 0. The van der Waals surface area contributed by atoms with Gasteiger partial charge in [-0.3, -0.25) is 37.3 Å². The first-order chi connectivity index (χ1) is 54.6. The average Bonchev–Trinajstić information content (AvgIpc) is 0.903. The van der Waals surface area contributed by atoms with Crippen LogP contribution in [-0.4, -0.2) is 96.7 Å². The highest BCUT2D eigenvalue weighted by Gasteiger charge is 2.31. The van der Waals surface area contributed by atoms with Crippen LogP contribution in [0.5, 0.6) is 0 Å². The summed E-state index contributed by atoms with van der Waals surface area (Å²) in [5.74, 6) is -1.22. The lowest BCUT2D eigenvalue weighted by Gasteiger charge is -2.21. The molecule has 0 radical (unpaired) electrons. The molecular formula is C93H182O17P2. The molecule has 0 bridgehead atoms. The normalized spacial score (nSPS) is 13.9. The van der Waals surface area contributed by atoms with Crippen molar-refractivity contribution in [3.05, 3.63) is 0 Å². The zero-order valence-electron chi connectivity index (χ0n) is 73.8. The lowest BCUT2D eigenvalue weighted by Crippen LogP contribution is -2.30. The standard InChI is InChI=1S/C93H182O17P2/c1-6-10-13-16-19-22-24-26-28-30-32-34-36-40-44-48-52-57-62-67-72-77-91(96)104-83-89(110-93(98)79-74-69-64-59-54-50-46-42-38-37-39-43-47-51-56-60-65-70-75-86(5)9-4)85-108-112(101,102)106-81-87(94)80-105-111(99,100)107-84-88(82-103-90(95)76-71-66-61-55-21-18-15-12-8-3)109-92(97)78-73-68-63-58-53-49-45-41-35-33-31-29-27-25-23-20-17-14-11-7-2/h86-89,94H,6-85H2,1-5H3,(H,99,100)(H,101,102)/t86?,87-,88+,89+/m0/s1. The molecular weight excluding hydrogens is 1450 g/mol. The van der Waals surface area contributed by atoms with Crippen LogP contribution in [0.4, 0.5) is 0 Å². The van der Waals surface area contributed by atoms with E-state index in [1.807, 2.05) is 0 Å². The number of rotatable bonds is 93. The Morgan fingerprint density at radius 3 is 0.634 bits per heavy atom. The molecule has 0 fully saturated rings. The maximum atomic E-state index is 13.2. The van der Waals surface area contributed by atoms with Crippen molar-refractivity contribution in [1.82, 2.24) is 0 Å². The minimum atomic E-state index is -4.97. The van der Waals surface area contributed by atoms with Gasteiger partial charge in [0.15, 0.2) is 12.2 Å². The van der Waals surface area contributed by atoms with E-state index >= 15 is 0 Å². The van der Waals surface area contributed by atoms with Crippen LogP contribution in [0.1, 0.15) is 510 Å². The van der Waals surface area contributed by atoms with Gasteiger partial charge in [0, 0.05) is 25.7 Å². The number of ether oxygens (including phenoxy) is 4. The number of phosphoric ester groups is 2. The van der Waals surface area contributed by atoms with E-state index in [2.05, 4.69) is 34.6 Å². The first-order valence-electron chi connectivity index (χ1n) is 48.2. The Morgan fingerprint density at radius 1 is 0.250 bits per heavy atom. The van der Waals surface area contributed by atoms with Gasteiger partial charge in [0.05, 0.1) is 26.4 Å². The zero-order chi connectivity index (χ0) is 81.8. The molecule has 0 saturated carbocycles. The second kappa shape index (κ2) is 85.5. The molecule has 0 heterocycles. The van der Waals surface area contributed by atoms with Gasteiger partial charge in [-0.1, -0.05) is 458 Å². The predicted molar refractivity (Wildman–Crippen MR) is 465 cm³/mol. The van der Waals surface area contributed by atoms with E-state index in [9.17, 15) is 43.2 Å². The van der Waals surface area contributed by atoms with Crippen LogP contribution in [0.25, 0.3) is 0 Å². The molecule has 19 heteroatoms. The van der Waals surface area contributed by atoms with Gasteiger partial charge in [-0.25, -0.2) is 9.13 Å². The molecule has 0 aliphatic rings. The first kappa shape index (κ1) is 110. The van der Waals surface area contributed by atoms with Crippen molar-refractivity contribution in [3.63, 3.8) is 0 Å². The van der Waals surface area contributed by atoms with E-state index in [1.54, 1.807) is 0 Å². The highest BCUT2D eigenvalue weighted by atomic mass is 31.2. The molecule has 0 spiro atoms. The summed E-state index contributed by atoms with van der Waals surface area (Å²) in [5.41, 5.74) is 0. The number of carbonyl (C=O) groups excluding carboxylic acids is 4. The van der Waals surface area contributed by atoms with Crippen LogP contribution in [0.2, 0.25) is 0 Å². The monoisotopic (exact) mass is 1630 g/mol. The van der Waals surface area contributed by atoms with Crippen molar-refractivity contribution in [2.75, 3.05) is 39.6 Å². The lowest BCUT2D eigenvalue weighted by atomic mass is 9.99. The smallest absolute Gasteiger partial charge is 0.462 e. The summed E-state index contributed by atoms with van der Waals surface area (Å²) in [6.07, 6.45) is 82.2. The van der Waals surface area contributed by atoms with Gasteiger partial charge in [0.25, 0.3) is 0 Å². The van der Waals surface area contributed by atoms with E-state index < -0.39 is 97.5 Å². The molecule has 3 unspecified atom stereocenters. The van der Waals surface area contributed by atoms with Crippen LogP contribution < -0.4 is 0 Å². The van der Waals surface area contributed by atoms with Crippen molar-refractivity contribution in [2.45, 2.75) is 528 Å². The maximum Gasteiger partial charge on any atom is 0.472 e. The Hall–Kier alpha value is -1.94. The molecule has 6 atom stereocenters. The summed E-state index contributed by atoms with van der Waals surface area (Å²) in [6.45, 7) is 7.45. The predicted octanol–water partition coefficient (Wildman–Crippen LogP) is 29.1. The Balaban J connectivity index is 5.18. The van der Waals surface area contributed by atoms with Gasteiger partial charge in [-0.15, -0.1) is 0 Å². The summed E-state index contributed by atoms with van der Waals surface area (Å²) < 4.78 is 69.1. The summed E-state index contributed by atoms with van der Waals surface area (Å²) >= 11 is 0. The third-order valence-electron chi connectivity index (χ3n) is 22.4. The van der Waals surface area contributed by atoms with Crippen LogP contribution >= 0.6 is 15.6 Å². The Kier molecular flexibility index (Phi) is 84.0. The second-order valence-corrected chi connectivity index (χ2v) is 36.6. The van der Waals surface area contributed by atoms with Crippen LogP contribution in [0.15, 0.2) is 0 Å². The average molecular weight is 1630 g/mol. The summed E-state index contributed by atoms with van der Waals surface area (Å²) in [7, 11) is -9.93. The third kappa shape index (κ3) is 84.5. The van der Waals surface area contributed by atoms with Crippen molar-refractivity contribution in [2.24, 2.45) is 5.92 Å². The second-order valence-electron chi connectivity index (χ2n) is 33.6. The van der Waals surface area contributed by atoms with Gasteiger partial charge in [0.2, 0.25) is 0 Å². The van der Waals surface area contributed by atoms with Crippen LogP contribution in [0, 0.1) is 5.92 Å². The molecule has 0 aromatic heterocycles. The number of carbonyl (C=O) groups is 4. The molecule has 0 aliphatic heterocycles. The van der Waals surface area contributed by atoms with E-state index in [4.69, 9.17) is 37.0 Å². The van der Waals surface area contributed by atoms with Gasteiger partial charge >= 0.3 is 39.5 Å². The molecule has 0 amide bonds. The summed E-state index contributed by atoms with van der Waals surface area (Å²) in [5, 5.41) is 10.7. The molecule has 112 heavy (non-hydrogen) atoms. The maximum absolute atomic E-state index is 13.2. The van der Waals surface area contributed by atoms with Crippen LogP contribution in [-0.2, 0) is 65.4 Å². The van der Waals surface area contributed by atoms with E-state index in [0.29, 0.717) is 25.7 Å². The van der Waals surface area contributed by atoms with Crippen molar-refractivity contribution >= 4 is 39.5 Å². The first-order valence-corrected chi connectivity index (χ1v) is 51.2. The number of esters is 4. The number of hydrogen-bond acceptors (Lipinski definition) is 15. The number of phosphoric acid groups is 2. The molecule has 17 nitrogen and oxygen atoms in total. The molecule has 0 aliphatic carbocycles. The number of aliphatic hydroxyl groups is 1. The number of hydrogen-bond donors (Lipinski definition) is 3. The lowest BCUT2D eigenvalue weighted by molar-refractivity contribution is -0.161. The van der Waals surface area contributed by atoms with Gasteiger partial charge < -0.3 is 33.8 Å². The number of aliphatic hydroxyl groups excluding tert-OH is 1. The van der Waals surface area contributed by atoms with E-state index in [1.165, 1.54) is 334 Å². The van der Waals surface area contributed by atoms with E-state index in [0.717, 1.165) is 95.8 Å². The molecule has 0 rings (SSSR count). The largest absolute Gasteiger partial charge is 0.472 e. The van der Waals surface area contributed by atoms with Crippen molar-refractivity contribution < 1.29 is 80.2 Å². The van der Waals surface area contributed by atoms with Gasteiger partial charge in [-0.05, 0) is 31.6 Å². The zero-order valence-corrected chi connectivity index (χ0v) is 75.6. The minimum Gasteiger partial charge on any atom is -0.462 e. The quantitative estimate of drug-likeness (QED) is 0.0222. The van der Waals surface area contributed by atoms with Crippen molar-refractivity contribution in [1.29, 1.82) is 0 Å². The van der Waals surface area contributed by atoms with Crippen molar-refractivity contribution in [3.8, 4) is 0 Å². The highest BCUT2D eigenvalue weighted by Crippen LogP contribution is 2.45. The van der Waals surface area contributed by atoms with Gasteiger partial charge in [-0.2, -0.15) is 0 Å². The summed E-state index contributed by atoms with van der Waals surface area (Å²) in [4.78, 5) is 73.4. The Morgan fingerprint density at radius 2 is 0.429 bits per heavy atom. The molecule has 0 aromatic carbocycles. The fourth-order valence-electron chi connectivity index (χ4n) is 14.7. The molecule has 0 saturated heterocycles. The SMILES string of the molecule is CCCCCCCCCCCCCCCCCCCCCCCC(=O)OC[C@H](COP(=O)(O)OC[C@@H](O)COP(=O)(O)OC[C@@H](COC(=O)CCCCCCCCCCC)OC(=O)CCCCCCCCCCCCCCCCCCCCCC)OC(=O)CCCCCCCCCCCCCCCCCCCCC(C)CC. The molecule has 3 N–H and O–H groups in total. The fraction of sp³-hybridized carbons (Fsp3) is 0.957. The third-order valence-corrected chi connectivity index (χ3v) is 24.3. The Labute approximate surface area is 689 Å². The highest BCUT2D eigenvalue weighted by molar-refractivity contribution is 7.47. The fourth-order valence-corrected chi connectivity index (χ4v) is 16.3. The number of unbranched alkanes of at least 4 members (excludes halogenated alkanes) is 64. The minimum absolute atomic E-state index is 0.109.